The number of esters is 1. The van der Waals surface area contributed by atoms with Gasteiger partial charge in [-0.3, -0.25) is 9.59 Å². The molecule has 2 aromatic rings. The monoisotopic (exact) mass is 385 g/mol. The van der Waals surface area contributed by atoms with E-state index in [1.165, 1.54) is 13.2 Å². The summed E-state index contributed by atoms with van der Waals surface area (Å²) >= 11 is 0. The third-order valence-corrected chi connectivity index (χ3v) is 3.84. The molecule has 148 valence electrons. The molecular weight excluding hydrogens is 362 g/mol. The Morgan fingerprint density at radius 1 is 1.11 bits per heavy atom. The van der Waals surface area contributed by atoms with E-state index >= 15 is 0 Å². The molecule has 0 aliphatic carbocycles. The number of anilines is 1. The van der Waals surface area contributed by atoms with E-state index in [1.54, 1.807) is 36.4 Å². The molecule has 28 heavy (non-hydrogen) atoms. The molecule has 2 rings (SSSR count). The van der Waals surface area contributed by atoms with Gasteiger partial charge in [-0.25, -0.2) is 4.79 Å². The Morgan fingerprint density at radius 2 is 1.86 bits per heavy atom. The van der Waals surface area contributed by atoms with Crippen LogP contribution in [0.15, 0.2) is 42.5 Å². The lowest BCUT2D eigenvalue weighted by atomic mass is 10.2. The van der Waals surface area contributed by atoms with E-state index in [4.69, 9.17) is 14.2 Å². The molecular formula is C21H23NO6. The first kappa shape index (κ1) is 21.0. The van der Waals surface area contributed by atoms with Crippen LogP contribution in [-0.2, 0) is 9.53 Å². The molecule has 0 radical (unpaired) electrons. The van der Waals surface area contributed by atoms with Gasteiger partial charge in [-0.05, 0) is 48.9 Å². The van der Waals surface area contributed by atoms with Crippen molar-refractivity contribution in [3.63, 3.8) is 0 Å². The van der Waals surface area contributed by atoms with Gasteiger partial charge < -0.3 is 19.5 Å². The Kier molecular flexibility index (Phi) is 8.02. The van der Waals surface area contributed by atoms with Crippen molar-refractivity contribution in [2.24, 2.45) is 0 Å². The van der Waals surface area contributed by atoms with Crippen LogP contribution < -0.4 is 14.8 Å². The number of carbonyl (C=O) groups excluding carboxylic acids is 3. The summed E-state index contributed by atoms with van der Waals surface area (Å²) in [7, 11) is 1.49. The second-order valence-corrected chi connectivity index (χ2v) is 5.93. The SMILES string of the molecule is CCCCOC(=O)c1ccc(NC(=O)COc2ccc(OC)cc2C=O)cc1. The number of amides is 1. The fraction of sp³-hybridized carbons (Fsp3) is 0.286. The molecule has 2 aromatic carbocycles. The van der Waals surface area contributed by atoms with Gasteiger partial charge in [-0.15, -0.1) is 0 Å². The maximum absolute atomic E-state index is 12.1. The summed E-state index contributed by atoms with van der Waals surface area (Å²) in [6, 6.07) is 11.1. The van der Waals surface area contributed by atoms with Crippen molar-refractivity contribution < 1.29 is 28.6 Å². The first-order valence-electron chi connectivity index (χ1n) is 8.90. The molecule has 0 unspecified atom stereocenters. The van der Waals surface area contributed by atoms with E-state index in [0.717, 1.165) is 12.8 Å². The standard InChI is InChI=1S/C21H23NO6/c1-3-4-11-27-21(25)15-5-7-17(8-6-15)22-20(24)14-28-19-10-9-18(26-2)12-16(19)13-23/h5-10,12-13H,3-4,11,14H2,1-2H3,(H,22,24). The van der Waals surface area contributed by atoms with E-state index in [9.17, 15) is 14.4 Å². The predicted octanol–water partition coefficient (Wildman–Crippen LogP) is 3.48. The summed E-state index contributed by atoms with van der Waals surface area (Å²) in [5.41, 5.74) is 1.22. The van der Waals surface area contributed by atoms with E-state index in [1.807, 2.05) is 6.92 Å². The highest BCUT2D eigenvalue weighted by Crippen LogP contribution is 2.22. The zero-order valence-corrected chi connectivity index (χ0v) is 15.9. The molecule has 1 N–H and O–H groups in total. The molecule has 0 aliphatic heterocycles. The Bertz CT molecular complexity index is 816. The van der Waals surface area contributed by atoms with Gasteiger partial charge >= 0.3 is 5.97 Å². The number of nitrogens with one attached hydrogen (secondary N) is 1. The highest BCUT2D eigenvalue weighted by molar-refractivity contribution is 5.94. The quantitative estimate of drug-likeness (QED) is 0.382. The van der Waals surface area contributed by atoms with Crippen LogP contribution in [-0.4, -0.2) is 38.5 Å². The fourth-order valence-electron chi connectivity index (χ4n) is 2.30. The summed E-state index contributed by atoms with van der Waals surface area (Å²) in [5, 5.41) is 2.66. The second kappa shape index (κ2) is 10.7. The van der Waals surface area contributed by atoms with Gasteiger partial charge in [0.25, 0.3) is 5.91 Å². The van der Waals surface area contributed by atoms with E-state index < -0.39 is 11.9 Å². The third kappa shape index (κ3) is 6.12. The van der Waals surface area contributed by atoms with Crippen LogP contribution in [0, 0.1) is 0 Å². The summed E-state index contributed by atoms with van der Waals surface area (Å²) in [5.74, 6) is 0.0184. The molecule has 0 aromatic heterocycles. The molecule has 0 fully saturated rings. The number of benzene rings is 2. The molecule has 1 amide bonds. The normalized spacial score (nSPS) is 10.1. The lowest BCUT2D eigenvalue weighted by Crippen LogP contribution is -2.20. The van der Waals surface area contributed by atoms with Crippen molar-refractivity contribution in [2.75, 3.05) is 25.6 Å². The van der Waals surface area contributed by atoms with E-state index in [0.29, 0.717) is 29.9 Å². The Hall–Kier alpha value is -3.35. The maximum Gasteiger partial charge on any atom is 0.338 e. The molecule has 0 bridgehead atoms. The molecule has 7 nitrogen and oxygen atoms in total. The maximum atomic E-state index is 12.1. The molecule has 0 heterocycles. The van der Waals surface area contributed by atoms with Gasteiger partial charge in [0, 0.05) is 5.69 Å². The van der Waals surface area contributed by atoms with Crippen molar-refractivity contribution >= 4 is 23.9 Å². The number of methoxy groups -OCH3 is 1. The zero-order chi connectivity index (χ0) is 20.4. The van der Waals surface area contributed by atoms with Crippen molar-refractivity contribution in [3.05, 3.63) is 53.6 Å². The largest absolute Gasteiger partial charge is 0.497 e. The molecule has 0 spiro atoms. The van der Waals surface area contributed by atoms with E-state index in [-0.39, 0.29) is 17.9 Å². The number of carbonyl (C=O) groups is 3. The highest BCUT2D eigenvalue weighted by atomic mass is 16.5. The van der Waals surface area contributed by atoms with Crippen LogP contribution in [0.2, 0.25) is 0 Å². The van der Waals surface area contributed by atoms with Crippen LogP contribution in [0.1, 0.15) is 40.5 Å². The Labute approximate surface area is 163 Å². The van der Waals surface area contributed by atoms with Crippen LogP contribution in [0.4, 0.5) is 5.69 Å². The smallest absolute Gasteiger partial charge is 0.338 e. The van der Waals surface area contributed by atoms with Crippen molar-refractivity contribution in [1.82, 2.24) is 0 Å². The minimum Gasteiger partial charge on any atom is -0.497 e. The number of hydrogen-bond donors (Lipinski definition) is 1. The minimum atomic E-state index is -0.397. The van der Waals surface area contributed by atoms with Gasteiger partial charge in [0.2, 0.25) is 0 Å². The van der Waals surface area contributed by atoms with Gasteiger partial charge in [-0.2, -0.15) is 0 Å². The van der Waals surface area contributed by atoms with Crippen molar-refractivity contribution in [1.29, 1.82) is 0 Å². The fourth-order valence-corrected chi connectivity index (χ4v) is 2.30. The number of rotatable bonds is 10. The van der Waals surface area contributed by atoms with Crippen LogP contribution in [0.3, 0.4) is 0 Å². The van der Waals surface area contributed by atoms with Crippen LogP contribution in [0.25, 0.3) is 0 Å². The van der Waals surface area contributed by atoms with Crippen molar-refractivity contribution in [2.45, 2.75) is 19.8 Å². The predicted molar refractivity (Wildman–Crippen MR) is 104 cm³/mol. The Balaban J connectivity index is 1.88. The highest BCUT2D eigenvalue weighted by Gasteiger charge is 2.10. The third-order valence-electron chi connectivity index (χ3n) is 3.84. The van der Waals surface area contributed by atoms with Crippen molar-refractivity contribution in [3.8, 4) is 11.5 Å². The summed E-state index contributed by atoms with van der Waals surface area (Å²) in [6.45, 7) is 2.14. The van der Waals surface area contributed by atoms with Gasteiger partial charge in [0.15, 0.2) is 12.9 Å². The summed E-state index contributed by atoms with van der Waals surface area (Å²) in [6.07, 6.45) is 2.40. The summed E-state index contributed by atoms with van der Waals surface area (Å²) < 4.78 is 15.6. The zero-order valence-electron chi connectivity index (χ0n) is 15.9. The summed E-state index contributed by atoms with van der Waals surface area (Å²) in [4.78, 5) is 35.0. The first-order chi connectivity index (χ1) is 13.6. The second-order valence-electron chi connectivity index (χ2n) is 5.93. The number of aldehydes is 1. The molecule has 7 heteroatoms. The number of hydrogen-bond acceptors (Lipinski definition) is 6. The lowest BCUT2D eigenvalue weighted by Gasteiger charge is -2.10. The molecule has 0 saturated carbocycles. The van der Waals surface area contributed by atoms with Gasteiger partial charge in [0.05, 0.1) is 24.8 Å². The topological polar surface area (TPSA) is 90.9 Å². The van der Waals surface area contributed by atoms with Gasteiger partial charge in [0.1, 0.15) is 11.5 Å². The Morgan fingerprint density at radius 3 is 2.50 bits per heavy atom. The molecule has 0 aliphatic rings. The average molecular weight is 385 g/mol. The molecule has 0 atom stereocenters. The van der Waals surface area contributed by atoms with Crippen LogP contribution in [0.5, 0.6) is 11.5 Å². The first-order valence-corrected chi connectivity index (χ1v) is 8.90. The number of ether oxygens (including phenoxy) is 3. The lowest BCUT2D eigenvalue weighted by molar-refractivity contribution is -0.118. The number of unbranched alkanes of at least 4 members (excludes halogenated alkanes) is 1. The molecule has 0 saturated heterocycles. The average Bonchev–Trinajstić information content (AvgIpc) is 2.72. The van der Waals surface area contributed by atoms with Gasteiger partial charge in [-0.1, -0.05) is 13.3 Å². The minimum absolute atomic E-state index is 0.270. The van der Waals surface area contributed by atoms with Crippen LogP contribution >= 0.6 is 0 Å². The van der Waals surface area contributed by atoms with E-state index in [2.05, 4.69) is 5.32 Å².